The first kappa shape index (κ1) is 20.9. The lowest BCUT2D eigenvalue weighted by Gasteiger charge is -2.18. The number of thioether (sulfide) groups is 1. The molecule has 2 aromatic heterocycles. The van der Waals surface area contributed by atoms with Crippen molar-refractivity contribution in [2.24, 2.45) is 0 Å². The minimum atomic E-state index is -0.239. The number of rotatable bonds is 7. The van der Waals surface area contributed by atoms with Crippen LogP contribution in [0.15, 0.2) is 23.4 Å². The third-order valence-electron chi connectivity index (χ3n) is 4.85. The van der Waals surface area contributed by atoms with Gasteiger partial charge in [-0.25, -0.2) is 9.50 Å². The number of ether oxygens (including phenoxy) is 2. The molecular formula is C20H25N5O3S. The van der Waals surface area contributed by atoms with Crippen molar-refractivity contribution in [1.82, 2.24) is 24.9 Å². The van der Waals surface area contributed by atoms with Crippen LogP contribution in [-0.2, 0) is 4.79 Å². The fourth-order valence-corrected chi connectivity index (χ4v) is 3.60. The number of carbonyl (C=O) groups is 1. The van der Waals surface area contributed by atoms with Gasteiger partial charge in [0.1, 0.15) is 11.5 Å². The summed E-state index contributed by atoms with van der Waals surface area (Å²) < 4.78 is 12.4. The van der Waals surface area contributed by atoms with Crippen molar-refractivity contribution < 1.29 is 14.3 Å². The topological polar surface area (TPSA) is 90.6 Å². The van der Waals surface area contributed by atoms with Gasteiger partial charge in [0.2, 0.25) is 11.1 Å². The van der Waals surface area contributed by atoms with E-state index in [9.17, 15) is 4.79 Å². The molecule has 0 spiro atoms. The first-order chi connectivity index (χ1) is 13.8. The lowest BCUT2D eigenvalue weighted by molar-refractivity contribution is -0.119. The maximum Gasteiger partial charge on any atom is 0.253 e. The molecule has 2 heterocycles. The molecule has 0 saturated carbocycles. The molecule has 3 aromatic rings. The Morgan fingerprint density at radius 3 is 2.66 bits per heavy atom. The number of benzene rings is 1. The smallest absolute Gasteiger partial charge is 0.253 e. The van der Waals surface area contributed by atoms with Gasteiger partial charge in [-0.3, -0.25) is 4.79 Å². The van der Waals surface area contributed by atoms with Gasteiger partial charge in [0.15, 0.2) is 0 Å². The zero-order valence-electron chi connectivity index (χ0n) is 17.4. The van der Waals surface area contributed by atoms with Crippen LogP contribution in [0.4, 0.5) is 0 Å². The molecule has 0 aliphatic rings. The van der Waals surface area contributed by atoms with Gasteiger partial charge in [-0.15, -0.1) is 5.10 Å². The molecule has 1 aromatic carbocycles. The summed E-state index contributed by atoms with van der Waals surface area (Å²) in [6.07, 6.45) is 0. The average molecular weight is 416 g/mol. The Labute approximate surface area is 174 Å². The number of fused-ring (bicyclic) bond motifs is 1. The fraction of sp³-hybridized carbons (Fsp3) is 0.400. The van der Waals surface area contributed by atoms with Gasteiger partial charge in [0.25, 0.3) is 5.78 Å². The van der Waals surface area contributed by atoms with Gasteiger partial charge < -0.3 is 14.8 Å². The van der Waals surface area contributed by atoms with Crippen LogP contribution in [-0.4, -0.2) is 45.5 Å². The molecule has 0 bridgehead atoms. The Morgan fingerprint density at radius 1 is 1.21 bits per heavy atom. The van der Waals surface area contributed by atoms with Crippen LogP contribution in [0.5, 0.6) is 11.5 Å². The summed E-state index contributed by atoms with van der Waals surface area (Å²) in [5.74, 6) is 2.02. The van der Waals surface area contributed by atoms with Crippen molar-refractivity contribution in [3.63, 3.8) is 0 Å². The fourth-order valence-electron chi connectivity index (χ4n) is 2.97. The minimum absolute atomic E-state index is 0.122. The number of nitrogens with zero attached hydrogens (tertiary/aromatic N) is 4. The van der Waals surface area contributed by atoms with Gasteiger partial charge in [-0.2, -0.15) is 4.98 Å². The number of nitrogens with one attached hydrogen (secondary N) is 1. The largest absolute Gasteiger partial charge is 0.497 e. The molecule has 0 aliphatic heterocycles. The Bertz CT molecular complexity index is 1050. The normalized spacial score (nSPS) is 12.1. The van der Waals surface area contributed by atoms with E-state index in [1.165, 1.54) is 11.8 Å². The van der Waals surface area contributed by atoms with E-state index in [4.69, 9.17) is 9.47 Å². The van der Waals surface area contributed by atoms with Crippen LogP contribution >= 0.6 is 11.8 Å². The maximum absolute atomic E-state index is 12.5. The summed E-state index contributed by atoms with van der Waals surface area (Å²) in [5.41, 5.74) is 3.85. The van der Waals surface area contributed by atoms with E-state index >= 15 is 0 Å². The van der Waals surface area contributed by atoms with Crippen LogP contribution in [0.1, 0.15) is 35.5 Å². The second-order valence-corrected chi connectivity index (χ2v) is 7.64. The number of aryl methyl sites for hydroxylation is 2. The van der Waals surface area contributed by atoms with E-state index < -0.39 is 0 Å². The van der Waals surface area contributed by atoms with Crippen molar-refractivity contribution >= 4 is 23.4 Å². The highest BCUT2D eigenvalue weighted by atomic mass is 32.2. The van der Waals surface area contributed by atoms with Gasteiger partial charge in [0, 0.05) is 17.0 Å². The SMILES string of the molecule is COc1ccc(OC)c([C@@H](C)NC(=O)CSc2nc3nc(C)c(C)c(C)n3n2)c1. The summed E-state index contributed by atoms with van der Waals surface area (Å²) in [7, 11) is 3.21. The summed E-state index contributed by atoms with van der Waals surface area (Å²) >= 11 is 1.28. The van der Waals surface area contributed by atoms with E-state index in [0.29, 0.717) is 22.4 Å². The lowest BCUT2D eigenvalue weighted by Crippen LogP contribution is -2.28. The molecule has 29 heavy (non-hydrogen) atoms. The molecular weight excluding hydrogens is 390 g/mol. The second kappa shape index (κ2) is 8.69. The van der Waals surface area contributed by atoms with E-state index in [-0.39, 0.29) is 17.7 Å². The molecule has 154 valence electrons. The Hall–Kier alpha value is -2.81. The Balaban J connectivity index is 1.67. The van der Waals surface area contributed by atoms with Crippen LogP contribution < -0.4 is 14.8 Å². The van der Waals surface area contributed by atoms with Crippen molar-refractivity contribution in [2.45, 2.75) is 38.9 Å². The van der Waals surface area contributed by atoms with Crippen molar-refractivity contribution in [3.8, 4) is 11.5 Å². The summed E-state index contributed by atoms with van der Waals surface area (Å²) in [5, 5.41) is 7.97. The predicted octanol–water partition coefficient (Wildman–Crippen LogP) is 3.04. The van der Waals surface area contributed by atoms with E-state index in [2.05, 4.69) is 20.4 Å². The monoisotopic (exact) mass is 415 g/mol. The van der Waals surface area contributed by atoms with Gasteiger partial charge >= 0.3 is 0 Å². The molecule has 0 fully saturated rings. The van der Waals surface area contributed by atoms with Crippen molar-refractivity contribution in [1.29, 1.82) is 0 Å². The molecule has 1 amide bonds. The third-order valence-corrected chi connectivity index (χ3v) is 5.69. The molecule has 0 unspecified atom stereocenters. The Morgan fingerprint density at radius 2 is 1.97 bits per heavy atom. The number of hydrogen-bond acceptors (Lipinski definition) is 7. The molecule has 1 N–H and O–H groups in total. The summed E-state index contributed by atoms with van der Waals surface area (Å²) in [4.78, 5) is 21.3. The quantitative estimate of drug-likeness (QED) is 0.593. The van der Waals surface area contributed by atoms with Crippen molar-refractivity contribution in [3.05, 3.63) is 40.7 Å². The second-order valence-electron chi connectivity index (χ2n) is 6.70. The maximum atomic E-state index is 12.5. The standard InChI is InChI=1S/C20H25N5O3S/c1-11-12(2)22-19-23-20(24-25(19)14(11)4)29-10-18(26)21-13(3)16-9-15(27-5)7-8-17(16)28-6/h7-9,13H,10H2,1-6H3,(H,21,26)/t13-/m1/s1. The van der Waals surface area contributed by atoms with Gasteiger partial charge in [0.05, 0.1) is 26.0 Å². The van der Waals surface area contributed by atoms with E-state index in [1.807, 2.05) is 45.9 Å². The average Bonchev–Trinajstić information content (AvgIpc) is 3.13. The number of hydrogen-bond donors (Lipinski definition) is 1. The summed E-state index contributed by atoms with van der Waals surface area (Å²) in [6.45, 7) is 7.84. The number of carbonyl (C=O) groups excluding carboxylic acids is 1. The molecule has 0 aliphatic carbocycles. The first-order valence-corrected chi connectivity index (χ1v) is 10.2. The van der Waals surface area contributed by atoms with Gasteiger partial charge in [-0.1, -0.05) is 11.8 Å². The molecule has 9 heteroatoms. The predicted molar refractivity (Wildman–Crippen MR) is 112 cm³/mol. The summed E-state index contributed by atoms with van der Waals surface area (Å²) in [6, 6.07) is 5.27. The third kappa shape index (κ3) is 4.45. The molecule has 3 rings (SSSR count). The molecule has 1 atom stereocenters. The zero-order chi connectivity index (χ0) is 21.1. The van der Waals surface area contributed by atoms with Gasteiger partial charge in [-0.05, 0) is 51.5 Å². The number of amides is 1. The highest BCUT2D eigenvalue weighted by Crippen LogP contribution is 2.29. The number of aromatic nitrogens is 4. The lowest BCUT2D eigenvalue weighted by atomic mass is 10.1. The minimum Gasteiger partial charge on any atom is -0.497 e. The highest BCUT2D eigenvalue weighted by Gasteiger charge is 2.17. The van der Waals surface area contributed by atoms with Crippen LogP contribution in [0.25, 0.3) is 5.78 Å². The number of methoxy groups -OCH3 is 2. The molecule has 0 radical (unpaired) electrons. The van der Waals surface area contributed by atoms with Crippen LogP contribution in [0.3, 0.4) is 0 Å². The molecule has 8 nitrogen and oxygen atoms in total. The Kier molecular flexibility index (Phi) is 6.26. The van der Waals surface area contributed by atoms with Crippen LogP contribution in [0.2, 0.25) is 0 Å². The first-order valence-electron chi connectivity index (χ1n) is 9.18. The van der Waals surface area contributed by atoms with E-state index in [1.54, 1.807) is 18.7 Å². The zero-order valence-corrected chi connectivity index (χ0v) is 18.3. The van der Waals surface area contributed by atoms with E-state index in [0.717, 1.165) is 22.5 Å². The van der Waals surface area contributed by atoms with Crippen molar-refractivity contribution in [2.75, 3.05) is 20.0 Å². The van der Waals surface area contributed by atoms with Crippen LogP contribution in [0, 0.1) is 20.8 Å². The molecule has 0 saturated heterocycles. The highest BCUT2D eigenvalue weighted by molar-refractivity contribution is 7.99.